The minimum atomic E-state index is -0.127. The highest BCUT2D eigenvalue weighted by atomic mass is 16.2. The molecule has 0 heterocycles. The standard InChI is InChI=1S/C15H22N2O2/c1-5-8-16-15(19)10-17(13(4)18)14-9-11(2)6-7-12(14)3/h6-7,9H,5,8,10H2,1-4H3,(H,16,19). The van der Waals surface area contributed by atoms with Crippen molar-refractivity contribution in [1.29, 1.82) is 0 Å². The maximum atomic E-state index is 11.8. The number of rotatable bonds is 5. The Morgan fingerprint density at radius 3 is 2.53 bits per heavy atom. The van der Waals surface area contributed by atoms with Crippen LogP contribution in [0.1, 0.15) is 31.4 Å². The van der Waals surface area contributed by atoms with E-state index in [0.717, 1.165) is 23.2 Å². The van der Waals surface area contributed by atoms with Crippen LogP contribution >= 0.6 is 0 Å². The topological polar surface area (TPSA) is 49.4 Å². The summed E-state index contributed by atoms with van der Waals surface area (Å²) < 4.78 is 0. The highest BCUT2D eigenvalue weighted by Crippen LogP contribution is 2.21. The number of anilines is 1. The zero-order chi connectivity index (χ0) is 14.4. The summed E-state index contributed by atoms with van der Waals surface area (Å²) in [4.78, 5) is 25.1. The van der Waals surface area contributed by atoms with Crippen LogP contribution in [0.5, 0.6) is 0 Å². The number of carbonyl (C=O) groups is 2. The third-order valence-corrected chi connectivity index (χ3v) is 2.91. The molecule has 0 fully saturated rings. The van der Waals surface area contributed by atoms with Gasteiger partial charge in [0.15, 0.2) is 0 Å². The molecule has 0 aliphatic heterocycles. The van der Waals surface area contributed by atoms with Gasteiger partial charge < -0.3 is 10.2 Å². The zero-order valence-corrected chi connectivity index (χ0v) is 12.1. The minimum absolute atomic E-state index is 0.0691. The van der Waals surface area contributed by atoms with E-state index in [-0.39, 0.29) is 18.4 Å². The van der Waals surface area contributed by atoms with Crippen LogP contribution in [-0.2, 0) is 9.59 Å². The van der Waals surface area contributed by atoms with E-state index < -0.39 is 0 Å². The Labute approximate surface area is 114 Å². The molecule has 1 aromatic carbocycles. The van der Waals surface area contributed by atoms with E-state index in [4.69, 9.17) is 0 Å². The summed E-state index contributed by atoms with van der Waals surface area (Å²) in [5.41, 5.74) is 2.86. The zero-order valence-electron chi connectivity index (χ0n) is 12.1. The summed E-state index contributed by atoms with van der Waals surface area (Å²) in [6.07, 6.45) is 0.884. The Morgan fingerprint density at radius 2 is 1.95 bits per heavy atom. The molecule has 0 aliphatic rings. The van der Waals surface area contributed by atoms with Gasteiger partial charge in [-0.3, -0.25) is 9.59 Å². The number of amides is 2. The first-order valence-electron chi connectivity index (χ1n) is 6.57. The second kappa shape index (κ2) is 6.92. The van der Waals surface area contributed by atoms with Gasteiger partial charge in [0.25, 0.3) is 0 Å². The number of hydrogen-bond donors (Lipinski definition) is 1. The second-order valence-electron chi connectivity index (χ2n) is 4.75. The molecule has 0 bridgehead atoms. The first-order valence-corrected chi connectivity index (χ1v) is 6.57. The van der Waals surface area contributed by atoms with Gasteiger partial charge in [-0.1, -0.05) is 19.1 Å². The SMILES string of the molecule is CCCNC(=O)CN(C(C)=O)c1cc(C)ccc1C. The van der Waals surface area contributed by atoms with Crippen LogP contribution in [0.2, 0.25) is 0 Å². The van der Waals surface area contributed by atoms with E-state index in [9.17, 15) is 9.59 Å². The molecule has 104 valence electrons. The number of nitrogens with zero attached hydrogens (tertiary/aromatic N) is 1. The van der Waals surface area contributed by atoms with Gasteiger partial charge in [-0.05, 0) is 37.5 Å². The van der Waals surface area contributed by atoms with E-state index in [0.29, 0.717) is 6.54 Å². The molecule has 1 aromatic rings. The fraction of sp³-hybridized carbons (Fsp3) is 0.467. The van der Waals surface area contributed by atoms with Crippen LogP contribution in [0, 0.1) is 13.8 Å². The molecule has 0 atom stereocenters. The molecule has 4 heteroatoms. The number of benzene rings is 1. The van der Waals surface area contributed by atoms with Crippen LogP contribution in [0.15, 0.2) is 18.2 Å². The van der Waals surface area contributed by atoms with Crippen molar-refractivity contribution in [3.8, 4) is 0 Å². The third kappa shape index (κ3) is 4.39. The maximum absolute atomic E-state index is 11.8. The Kier molecular flexibility index (Phi) is 5.55. The highest BCUT2D eigenvalue weighted by Gasteiger charge is 2.17. The summed E-state index contributed by atoms with van der Waals surface area (Å²) in [7, 11) is 0. The quantitative estimate of drug-likeness (QED) is 0.884. The average Bonchev–Trinajstić information content (AvgIpc) is 2.36. The molecule has 0 aliphatic carbocycles. The van der Waals surface area contributed by atoms with Crippen LogP contribution in [0.3, 0.4) is 0 Å². The van der Waals surface area contributed by atoms with Crippen LogP contribution in [0.4, 0.5) is 5.69 Å². The van der Waals surface area contributed by atoms with Gasteiger partial charge >= 0.3 is 0 Å². The van der Waals surface area contributed by atoms with Gasteiger partial charge in [-0.2, -0.15) is 0 Å². The molecular formula is C15H22N2O2. The van der Waals surface area contributed by atoms with E-state index >= 15 is 0 Å². The van der Waals surface area contributed by atoms with Crippen molar-refractivity contribution in [3.63, 3.8) is 0 Å². The molecule has 1 N–H and O–H groups in total. The van der Waals surface area contributed by atoms with E-state index in [1.54, 1.807) is 0 Å². The van der Waals surface area contributed by atoms with E-state index in [1.165, 1.54) is 11.8 Å². The van der Waals surface area contributed by atoms with E-state index in [2.05, 4.69) is 5.32 Å². The van der Waals surface area contributed by atoms with E-state index in [1.807, 2.05) is 39.0 Å². The molecular weight excluding hydrogens is 240 g/mol. The molecule has 0 saturated heterocycles. The lowest BCUT2D eigenvalue weighted by molar-refractivity contribution is -0.123. The molecule has 0 radical (unpaired) electrons. The first-order chi connectivity index (χ1) is 8.95. The molecule has 19 heavy (non-hydrogen) atoms. The molecule has 0 spiro atoms. The third-order valence-electron chi connectivity index (χ3n) is 2.91. The number of hydrogen-bond acceptors (Lipinski definition) is 2. The summed E-state index contributed by atoms with van der Waals surface area (Å²) in [6.45, 7) is 8.09. The van der Waals surface area contributed by atoms with Gasteiger partial charge in [-0.25, -0.2) is 0 Å². The monoisotopic (exact) mass is 262 g/mol. The van der Waals surface area contributed by atoms with Gasteiger partial charge in [0.2, 0.25) is 11.8 Å². The summed E-state index contributed by atoms with van der Waals surface area (Å²) in [6, 6.07) is 5.89. The lowest BCUT2D eigenvalue weighted by Crippen LogP contribution is -2.40. The van der Waals surface area contributed by atoms with Crippen LogP contribution < -0.4 is 10.2 Å². The molecule has 1 rings (SSSR count). The molecule has 2 amide bonds. The first kappa shape index (κ1) is 15.2. The van der Waals surface area contributed by atoms with Gasteiger partial charge in [0.1, 0.15) is 6.54 Å². The van der Waals surface area contributed by atoms with Crippen molar-refractivity contribution in [2.45, 2.75) is 34.1 Å². The normalized spacial score (nSPS) is 10.1. The summed E-state index contributed by atoms with van der Waals surface area (Å²) in [5.74, 6) is -0.252. The van der Waals surface area contributed by atoms with Crippen molar-refractivity contribution in [3.05, 3.63) is 29.3 Å². The Bertz CT molecular complexity index is 469. The Hall–Kier alpha value is -1.84. The minimum Gasteiger partial charge on any atom is -0.355 e. The van der Waals surface area contributed by atoms with Gasteiger partial charge in [-0.15, -0.1) is 0 Å². The highest BCUT2D eigenvalue weighted by molar-refractivity contribution is 5.98. The lowest BCUT2D eigenvalue weighted by atomic mass is 10.1. The van der Waals surface area contributed by atoms with Crippen LogP contribution in [0.25, 0.3) is 0 Å². The smallest absolute Gasteiger partial charge is 0.240 e. The number of carbonyl (C=O) groups excluding carboxylic acids is 2. The molecule has 0 aromatic heterocycles. The Morgan fingerprint density at radius 1 is 1.26 bits per heavy atom. The molecule has 0 saturated carbocycles. The summed E-state index contributed by atoms with van der Waals surface area (Å²) >= 11 is 0. The number of nitrogens with one attached hydrogen (secondary N) is 1. The predicted molar refractivity (Wildman–Crippen MR) is 77.2 cm³/mol. The van der Waals surface area contributed by atoms with Gasteiger partial charge in [0, 0.05) is 19.2 Å². The largest absolute Gasteiger partial charge is 0.355 e. The van der Waals surface area contributed by atoms with Crippen molar-refractivity contribution >= 4 is 17.5 Å². The average molecular weight is 262 g/mol. The number of aryl methyl sites for hydroxylation is 2. The van der Waals surface area contributed by atoms with Crippen molar-refractivity contribution in [2.75, 3.05) is 18.0 Å². The molecule has 0 unspecified atom stereocenters. The summed E-state index contributed by atoms with van der Waals surface area (Å²) in [5, 5.41) is 2.79. The lowest BCUT2D eigenvalue weighted by Gasteiger charge is -2.23. The maximum Gasteiger partial charge on any atom is 0.240 e. The van der Waals surface area contributed by atoms with Crippen molar-refractivity contribution in [2.24, 2.45) is 0 Å². The fourth-order valence-electron chi connectivity index (χ4n) is 1.84. The van der Waals surface area contributed by atoms with Crippen molar-refractivity contribution < 1.29 is 9.59 Å². The molecule has 4 nitrogen and oxygen atoms in total. The Balaban J connectivity index is 2.91. The predicted octanol–water partition coefficient (Wildman–Crippen LogP) is 2.18. The van der Waals surface area contributed by atoms with Gasteiger partial charge in [0.05, 0.1) is 0 Å². The van der Waals surface area contributed by atoms with Crippen LogP contribution in [-0.4, -0.2) is 24.9 Å². The fourth-order valence-corrected chi connectivity index (χ4v) is 1.84. The second-order valence-corrected chi connectivity index (χ2v) is 4.75. The van der Waals surface area contributed by atoms with Crippen molar-refractivity contribution in [1.82, 2.24) is 5.32 Å².